The van der Waals surface area contributed by atoms with Crippen molar-refractivity contribution in [3.8, 4) is 5.75 Å². The number of nitro groups is 1. The third-order valence-electron chi connectivity index (χ3n) is 3.26. The van der Waals surface area contributed by atoms with Crippen LogP contribution in [0.5, 0.6) is 5.75 Å². The Morgan fingerprint density at radius 1 is 1.31 bits per heavy atom. The van der Waals surface area contributed by atoms with E-state index in [2.05, 4.69) is 5.10 Å². The molecular formula is C16H19N5O7S. The second kappa shape index (κ2) is 10.1. The summed E-state index contributed by atoms with van der Waals surface area (Å²) in [6.45, 7) is 1.84. The first-order valence-corrected chi connectivity index (χ1v) is 9.13. The van der Waals surface area contributed by atoms with E-state index in [1.54, 1.807) is 12.1 Å². The number of hydrogen-bond donors (Lipinski definition) is 4. The SMILES string of the molecule is COc1ccc([N+](=O)[O-])cc1/C=N/N(O)C(=N)N.Cc1ccc(S(=O)(=O)O)cc1. The molecule has 0 heterocycles. The van der Waals surface area contributed by atoms with Crippen molar-refractivity contribution < 1.29 is 27.8 Å². The lowest BCUT2D eigenvalue weighted by Crippen LogP contribution is -2.28. The molecule has 2 aromatic carbocycles. The molecule has 0 aliphatic carbocycles. The summed E-state index contributed by atoms with van der Waals surface area (Å²) in [5.74, 6) is -0.350. The summed E-state index contributed by atoms with van der Waals surface area (Å²) in [5.41, 5.74) is 6.03. The molecular weight excluding hydrogens is 406 g/mol. The fourth-order valence-corrected chi connectivity index (χ4v) is 2.31. The van der Waals surface area contributed by atoms with Crippen molar-refractivity contribution >= 4 is 28.0 Å². The number of non-ortho nitro benzene ring substituents is 1. The Morgan fingerprint density at radius 3 is 2.34 bits per heavy atom. The number of aryl methyl sites for hydroxylation is 1. The van der Waals surface area contributed by atoms with Gasteiger partial charge in [-0.3, -0.25) is 25.3 Å². The van der Waals surface area contributed by atoms with Gasteiger partial charge in [-0.25, -0.2) is 0 Å². The van der Waals surface area contributed by atoms with Crippen LogP contribution in [-0.4, -0.2) is 47.6 Å². The summed E-state index contributed by atoms with van der Waals surface area (Å²) in [4.78, 5) is 9.97. The van der Waals surface area contributed by atoms with Gasteiger partial charge in [0, 0.05) is 17.7 Å². The first-order valence-electron chi connectivity index (χ1n) is 7.69. The minimum Gasteiger partial charge on any atom is -0.496 e. The molecule has 12 nitrogen and oxygen atoms in total. The highest BCUT2D eigenvalue weighted by molar-refractivity contribution is 7.85. The number of guanidine groups is 1. The summed E-state index contributed by atoms with van der Waals surface area (Å²) in [5, 5.41) is 30.1. The first kappa shape index (κ1) is 23.5. The van der Waals surface area contributed by atoms with E-state index in [0.717, 1.165) is 11.8 Å². The number of benzene rings is 2. The molecule has 2 rings (SSSR count). The smallest absolute Gasteiger partial charge is 0.294 e. The molecule has 0 unspecified atom stereocenters. The van der Waals surface area contributed by atoms with Crippen molar-refractivity contribution in [1.82, 2.24) is 5.17 Å². The molecule has 0 aliphatic heterocycles. The van der Waals surface area contributed by atoms with Crippen LogP contribution in [0.1, 0.15) is 11.1 Å². The number of nitro benzene ring substituents is 1. The summed E-state index contributed by atoms with van der Waals surface area (Å²) < 4.78 is 34.5. The first-order chi connectivity index (χ1) is 13.5. The fourth-order valence-electron chi connectivity index (χ4n) is 1.83. The molecule has 156 valence electrons. The lowest BCUT2D eigenvalue weighted by Gasteiger charge is -2.07. The van der Waals surface area contributed by atoms with Gasteiger partial charge in [-0.05, 0) is 25.1 Å². The highest BCUT2D eigenvalue weighted by Gasteiger charge is 2.10. The second-order valence-electron chi connectivity index (χ2n) is 5.39. The average Bonchev–Trinajstić information content (AvgIpc) is 2.65. The normalized spacial score (nSPS) is 10.8. The third kappa shape index (κ3) is 7.53. The molecule has 0 aliphatic rings. The minimum atomic E-state index is -4.02. The van der Waals surface area contributed by atoms with Crippen LogP contribution in [0, 0.1) is 22.4 Å². The number of nitrogens with two attached hydrogens (primary N) is 1. The fraction of sp³-hybridized carbons (Fsp3) is 0.125. The number of nitrogens with one attached hydrogen (secondary N) is 1. The van der Waals surface area contributed by atoms with Crippen molar-refractivity contribution in [3.63, 3.8) is 0 Å². The van der Waals surface area contributed by atoms with Gasteiger partial charge >= 0.3 is 0 Å². The average molecular weight is 425 g/mol. The number of hydrogen-bond acceptors (Lipinski definition) is 8. The predicted octanol–water partition coefficient (Wildman–Crippen LogP) is 1.76. The summed E-state index contributed by atoms with van der Waals surface area (Å²) in [6.07, 6.45) is 1.09. The molecule has 2 aromatic rings. The number of ether oxygens (including phenoxy) is 1. The highest BCUT2D eigenvalue weighted by atomic mass is 32.2. The van der Waals surface area contributed by atoms with E-state index in [1.165, 1.54) is 37.4 Å². The van der Waals surface area contributed by atoms with E-state index in [1.807, 2.05) is 6.92 Å². The summed E-state index contributed by atoms with van der Waals surface area (Å²) >= 11 is 0. The molecule has 13 heteroatoms. The van der Waals surface area contributed by atoms with E-state index in [4.69, 9.17) is 25.6 Å². The molecule has 0 fully saturated rings. The van der Waals surface area contributed by atoms with Gasteiger partial charge in [0.05, 0.1) is 23.1 Å². The monoisotopic (exact) mass is 425 g/mol. The molecule has 29 heavy (non-hydrogen) atoms. The molecule has 0 spiro atoms. The largest absolute Gasteiger partial charge is 0.496 e. The number of rotatable bonds is 5. The number of hydrazone groups is 1. The van der Waals surface area contributed by atoms with Crippen molar-refractivity contribution in [2.75, 3.05) is 7.11 Å². The molecule has 0 bridgehead atoms. The zero-order valence-electron chi connectivity index (χ0n) is 15.4. The van der Waals surface area contributed by atoms with Gasteiger partial charge in [-0.2, -0.15) is 13.5 Å². The summed E-state index contributed by atoms with van der Waals surface area (Å²) in [7, 11) is -2.63. The van der Waals surface area contributed by atoms with Crippen LogP contribution >= 0.6 is 0 Å². The molecule has 0 saturated carbocycles. The maximum absolute atomic E-state index is 10.6. The Hall–Kier alpha value is -3.55. The predicted molar refractivity (Wildman–Crippen MR) is 104 cm³/mol. The van der Waals surface area contributed by atoms with E-state index >= 15 is 0 Å². The molecule has 0 saturated heterocycles. The Morgan fingerprint density at radius 2 is 1.90 bits per heavy atom. The van der Waals surface area contributed by atoms with Crippen LogP contribution < -0.4 is 10.5 Å². The Kier molecular flexibility index (Phi) is 8.20. The lowest BCUT2D eigenvalue weighted by molar-refractivity contribution is -0.384. The van der Waals surface area contributed by atoms with E-state index in [-0.39, 0.29) is 21.3 Å². The number of hydroxylamine groups is 1. The molecule has 0 aromatic heterocycles. The van der Waals surface area contributed by atoms with Gasteiger partial charge in [-0.15, -0.1) is 5.17 Å². The number of nitrogens with zero attached hydrogens (tertiary/aromatic N) is 3. The van der Waals surface area contributed by atoms with Gasteiger partial charge in [0.25, 0.3) is 15.8 Å². The van der Waals surface area contributed by atoms with Gasteiger partial charge in [0.15, 0.2) is 0 Å². The Bertz CT molecular complexity index is 1010. The number of methoxy groups -OCH3 is 1. The van der Waals surface area contributed by atoms with E-state index < -0.39 is 21.0 Å². The highest BCUT2D eigenvalue weighted by Crippen LogP contribution is 2.22. The van der Waals surface area contributed by atoms with Crippen molar-refractivity contribution in [3.05, 3.63) is 63.7 Å². The van der Waals surface area contributed by atoms with Crippen molar-refractivity contribution in [1.29, 1.82) is 5.41 Å². The summed E-state index contributed by atoms with van der Waals surface area (Å²) in [6, 6.07) is 9.88. The van der Waals surface area contributed by atoms with E-state index in [0.29, 0.717) is 5.75 Å². The van der Waals surface area contributed by atoms with Crippen molar-refractivity contribution in [2.24, 2.45) is 10.8 Å². The maximum atomic E-state index is 10.6. The van der Waals surface area contributed by atoms with Gasteiger partial charge in [0.1, 0.15) is 5.75 Å². The maximum Gasteiger partial charge on any atom is 0.294 e. The molecule has 0 atom stereocenters. The van der Waals surface area contributed by atoms with Gasteiger partial charge < -0.3 is 10.5 Å². The van der Waals surface area contributed by atoms with Crippen LogP contribution in [0.2, 0.25) is 0 Å². The zero-order valence-corrected chi connectivity index (χ0v) is 16.2. The third-order valence-corrected chi connectivity index (χ3v) is 4.13. The van der Waals surface area contributed by atoms with Crippen molar-refractivity contribution in [2.45, 2.75) is 11.8 Å². The van der Waals surface area contributed by atoms with Crippen LogP contribution in [0.4, 0.5) is 5.69 Å². The molecule has 0 radical (unpaired) electrons. The zero-order chi connectivity index (χ0) is 22.2. The van der Waals surface area contributed by atoms with Gasteiger partial charge in [0.2, 0.25) is 5.96 Å². The van der Waals surface area contributed by atoms with Crippen LogP contribution in [0.15, 0.2) is 52.5 Å². The van der Waals surface area contributed by atoms with Gasteiger partial charge in [-0.1, -0.05) is 17.7 Å². The lowest BCUT2D eigenvalue weighted by atomic mass is 10.2. The second-order valence-corrected chi connectivity index (χ2v) is 6.81. The quantitative estimate of drug-likeness (QED) is 0.181. The van der Waals surface area contributed by atoms with E-state index in [9.17, 15) is 18.5 Å². The van der Waals surface area contributed by atoms with Crippen LogP contribution in [0.25, 0.3) is 0 Å². The Balaban J connectivity index is 0.000000326. The molecule has 0 amide bonds. The topological polar surface area (TPSA) is 192 Å². The van der Waals surface area contributed by atoms with Crippen LogP contribution in [-0.2, 0) is 10.1 Å². The minimum absolute atomic E-state index is 0.0666. The standard InChI is InChI=1S/C9H11N5O4.C7H8O3S/c1-18-8-3-2-7(14(16)17)4-6(8)5-12-13(15)9(10)11;1-6-2-4-7(5-3-6)11(8,9)10/h2-5,15H,1H3,(H3,10,11);2-5H,1H3,(H,8,9,10)/b12-5+;. The Labute approximate surface area is 166 Å². The molecule has 5 N–H and O–H groups in total. The van der Waals surface area contributed by atoms with Crippen LogP contribution in [0.3, 0.4) is 0 Å².